The van der Waals surface area contributed by atoms with Gasteiger partial charge in [0.25, 0.3) is 10.1 Å². The molecule has 0 aliphatic carbocycles. The van der Waals surface area contributed by atoms with Crippen LogP contribution in [0.25, 0.3) is 0 Å². The molecule has 3 N–H and O–H groups in total. The second-order valence-corrected chi connectivity index (χ2v) is 5.03. The quantitative estimate of drug-likeness (QED) is 0.481. The Morgan fingerprint density at radius 1 is 1.50 bits per heavy atom. The SMILES string of the molecule is COS(=O)(=O)c1cc(N)c(O)c(Br)c1. The normalized spacial score (nSPS) is 11.6. The molecule has 5 nitrogen and oxygen atoms in total. The molecule has 14 heavy (non-hydrogen) atoms. The van der Waals surface area contributed by atoms with E-state index < -0.39 is 10.1 Å². The minimum absolute atomic E-state index is 0.0324. The zero-order valence-corrected chi connectivity index (χ0v) is 9.59. The van der Waals surface area contributed by atoms with Gasteiger partial charge in [0.05, 0.1) is 22.2 Å². The molecule has 7 heteroatoms. The summed E-state index contributed by atoms with van der Waals surface area (Å²) in [5.41, 5.74) is 5.34. The number of anilines is 1. The van der Waals surface area contributed by atoms with Crippen molar-refractivity contribution in [3.05, 3.63) is 16.6 Å². The van der Waals surface area contributed by atoms with Gasteiger partial charge in [0.2, 0.25) is 0 Å². The van der Waals surface area contributed by atoms with Crippen LogP contribution in [-0.4, -0.2) is 20.6 Å². The predicted molar refractivity (Wildman–Crippen MR) is 54.4 cm³/mol. The minimum Gasteiger partial charge on any atom is -0.505 e. The molecule has 0 aliphatic rings. The Morgan fingerprint density at radius 2 is 2.07 bits per heavy atom. The third-order valence-electron chi connectivity index (χ3n) is 1.57. The highest BCUT2D eigenvalue weighted by Gasteiger charge is 2.16. The van der Waals surface area contributed by atoms with E-state index in [2.05, 4.69) is 20.1 Å². The summed E-state index contributed by atoms with van der Waals surface area (Å²) in [4.78, 5) is -0.109. The smallest absolute Gasteiger partial charge is 0.296 e. The standard InChI is InChI=1S/C7H8BrNO4S/c1-13-14(11,12)4-2-5(8)7(10)6(9)3-4/h2-3,10H,9H2,1H3. The molecule has 0 atom stereocenters. The second kappa shape index (κ2) is 3.76. The van der Waals surface area contributed by atoms with Crippen molar-refractivity contribution in [1.29, 1.82) is 0 Å². The molecule has 0 heterocycles. The highest BCUT2D eigenvalue weighted by Crippen LogP contribution is 2.33. The lowest BCUT2D eigenvalue weighted by Gasteiger charge is -2.05. The summed E-state index contributed by atoms with van der Waals surface area (Å²) in [6.45, 7) is 0. The summed E-state index contributed by atoms with van der Waals surface area (Å²) in [5.74, 6) is -0.194. The van der Waals surface area contributed by atoms with Gasteiger partial charge < -0.3 is 10.8 Å². The van der Waals surface area contributed by atoms with Crippen LogP contribution in [0.15, 0.2) is 21.5 Å². The van der Waals surface area contributed by atoms with Crippen LogP contribution >= 0.6 is 15.9 Å². The van der Waals surface area contributed by atoms with E-state index in [0.29, 0.717) is 0 Å². The molecule has 0 unspecified atom stereocenters. The van der Waals surface area contributed by atoms with E-state index in [4.69, 9.17) is 5.73 Å². The molecular formula is C7H8BrNO4S. The zero-order chi connectivity index (χ0) is 10.9. The Balaban J connectivity index is 3.41. The van der Waals surface area contributed by atoms with Crippen molar-refractivity contribution in [1.82, 2.24) is 0 Å². The molecule has 0 amide bonds. The molecule has 0 spiro atoms. The third-order valence-corrected chi connectivity index (χ3v) is 3.43. The third kappa shape index (κ3) is 1.99. The van der Waals surface area contributed by atoms with Gasteiger partial charge in [-0.25, -0.2) is 0 Å². The van der Waals surface area contributed by atoms with Gasteiger partial charge in [-0.15, -0.1) is 0 Å². The number of aromatic hydroxyl groups is 1. The Bertz CT molecular complexity index is 434. The molecule has 0 saturated heterocycles. The first-order chi connectivity index (χ1) is 6.38. The van der Waals surface area contributed by atoms with E-state index in [1.165, 1.54) is 6.07 Å². The van der Waals surface area contributed by atoms with E-state index in [9.17, 15) is 13.5 Å². The molecule has 78 valence electrons. The maximum Gasteiger partial charge on any atom is 0.296 e. The van der Waals surface area contributed by atoms with Gasteiger partial charge >= 0.3 is 0 Å². The van der Waals surface area contributed by atoms with Gasteiger partial charge in [-0.2, -0.15) is 8.42 Å². The fourth-order valence-corrected chi connectivity index (χ4v) is 2.19. The lowest BCUT2D eigenvalue weighted by molar-refractivity contribution is 0.397. The molecule has 1 aromatic carbocycles. The number of phenols is 1. The van der Waals surface area contributed by atoms with Gasteiger partial charge in [-0.3, -0.25) is 4.18 Å². The van der Waals surface area contributed by atoms with Crippen LogP contribution < -0.4 is 5.73 Å². The Morgan fingerprint density at radius 3 is 2.50 bits per heavy atom. The summed E-state index contributed by atoms with van der Waals surface area (Å²) in [6.07, 6.45) is 0. The van der Waals surface area contributed by atoms with Gasteiger partial charge in [0.1, 0.15) is 0 Å². The summed E-state index contributed by atoms with van der Waals surface area (Å²) in [6, 6.07) is 2.34. The van der Waals surface area contributed by atoms with Crippen molar-refractivity contribution in [3.8, 4) is 5.75 Å². The van der Waals surface area contributed by atoms with E-state index in [1.54, 1.807) is 0 Å². The number of phenolic OH excluding ortho intramolecular Hbond substituents is 1. The molecule has 1 aromatic rings. The fourth-order valence-electron chi connectivity index (χ4n) is 0.835. The highest BCUT2D eigenvalue weighted by atomic mass is 79.9. The molecule has 0 fully saturated rings. The van der Waals surface area contributed by atoms with Crippen molar-refractivity contribution in [2.75, 3.05) is 12.8 Å². The minimum atomic E-state index is -3.78. The van der Waals surface area contributed by atoms with Crippen molar-refractivity contribution in [2.45, 2.75) is 4.90 Å². The van der Waals surface area contributed by atoms with E-state index in [-0.39, 0.29) is 20.8 Å². The summed E-state index contributed by atoms with van der Waals surface area (Å²) in [5, 5.41) is 9.26. The molecular weight excluding hydrogens is 274 g/mol. The number of benzene rings is 1. The van der Waals surface area contributed by atoms with Gasteiger partial charge in [0, 0.05) is 0 Å². The Labute approximate surface area is 89.7 Å². The number of rotatable bonds is 2. The van der Waals surface area contributed by atoms with Crippen LogP contribution in [0.4, 0.5) is 5.69 Å². The van der Waals surface area contributed by atoms with Crippen molar-refractivity contribution >= 4 is 31.7 Å². The van der Waals surface area contributed by atoms with Gasteiger partial charge in [-0.05, 0) is 28.1 Å². The first-order valence-corrected chi connectivity index (χ1v) is 5.67. The van der Waals surface area contributed by atoms with Crippen molar-refractivity contribution in [3.63, 3.8) is 0 Å². The lowest BCUT2D eigenvalue weighted by Crippen LogP contribution is -2.03. The van der Waals surface area contributed by atoms with Crippen LogP contribution in [0.2, 0.25) is 0 Å². The largest absolute Gasteiger partial charge is 0.505 e. The molecule has 0 bridgehead atoms. The van der Waals surface area contributed by atoms with Crippen LogP contribution in [0.5, 0.6) is 5.75 Å². The molecule has 1 rings (SSSR count). The molecule has 0 aliphatic heterocycles. The summed E-state index contributed by atoms with van der Waals surface area (Å²) < 4.78 is 27.0. The van der Waals surface area contributed by atoms with Crippen LogP contribution in [-0.2, 0) is 14.3 Å². The number of hydrogen-bond donors (Lipinski definition) is 2. The predicted octanol–water partition coefficient (Wildman–Crippen LogP) is 1.07. The maximum atomic E-state index is 11.2. The topological polar surface area (TPSA) is 89.6 Å². The maximum absolute atomic E-state index is 11.2. The van der Waals surface area contributed by atoms with E-state index >= 15 is 0 Å². The van der Waals surface area contributed by atoms with Crippen LogP contribution in [0.1, 0.15) is 0 Å². The summed E-state index contributed by atoms with van der Waals surface area (Å²) in [7, 11) is -2.73. The molecule has 0 aromatic heterocycles. The monoisotopic (exact) mass is 281 g/mol. The number of nitrogens with two attached hydrogens (primary N) is 1. The Kier molecular flexibility index (Phi) is 3.03. The fraction of sp³-hybridized carbons (Fsp3) is 0.143. The van der Waals surface area contributed by atoms with Gasteiger partial charge in [-0.1, -0.05) is 0 Å². The van der Waals surface area contributed by atoms with Crippen LogP contribution in [0.3, 0.4) is 0 Å². The average molecular weight is 282 g/mol. The first-order valence-electron chi connectivity index (χ1n) is 3.47. The molecule has 0 saturated carbocycles. The number of nitrogen functional groups attached to an aromatic ring is 1. The van der Waals surface area contributed by atoms with Crippen molar-refractivity contribution < 1.29 is 17.7 Å². The molecule has 0 radical (unpaired) electrons. The van der Waals surface area contributed by atoms with E-state index in [0.717, 1.165) is 13.2 Å². The van der Waals surface area contributed by atoms with Crippen LogP contribution in [0, 0.1) is 0 Å². The highest BCUT2D eigenvalue weighted by molar-refractivity contribution is 9.10. The van der Waals surface area contributed by atoms with Gasteiger partial charge in [0.15, 0.2) is 5.75 Å². The average Bonchev–Trinajstić information content (AvgIpc) is 2.13. The number of hydrogen-bond acceptors (Lipinski definition) is 5. The summed E-state index contributed by atoms with van der Waals surface area (Å²) >= 11 is 2.97. The van der Waals surface area contributed by atoms with E-state index in [1.807, 2.05) is 0 Å². The second-order valence-electron chi connectivity index (χ2n) is 2.46. The zero-order valence-electron chi connectivity index (χ0n) is 7.19. The Hall–Kier alpha value is -0.790. The first kappa shape index (κ1) is 11.3. The van der Waals surface area contributed by atoms with Crippen molar-refractivity contribution in [2.24, 2.45) is 0 Å². The number of halogens is 1. The lowest BCUT2D eigenvalue weighted by atomic mass is 10.3.